The third-order valence-electron chi connectivity index (χ3n) is 2.33. The van der Waals surface area contributed by atoms with Crippen LogP contribution in [-0.2, 0) is 28.5 Å². The van der Waals surface area contributed by atoms with Crippen molar-refractivity contribution in [1.82, 2.24) is 0 Å². The first kappa shape index (κ1) is 23.3. The first-order chi connectivity index (χ1) is 11.4. The average molecular weight is 393 g/mol. The SMILES string of the molecule is O=C(CCl)OCC(O)COCC(O)COCC(O)COC(=O)CCl. The second-order valence-corrected chi connectivity index (χ2v) is 5.20. The molecule has 0 spiro atoms. The monoisotopic (exact) mass is 392 g/mol. The van der Waals surface area contributed by atoms with Crippen molar-refractivity contribution in [2.24, 2.45) is 0 Å². The Morgan fingerprint density at radius 1 is 0.667 bits per heavy atom. The minimum absolute atomic E-state index is 0.127. The number of hydrogen-bond acceptors (Lipinski definition) is 9. The average Bonchev–Trinajstić information content (AvgIpc) is 2.57. The number of aliphatic hydroxyl groups excluding tert-OH is 3. The molecule has 3 N–H and O–H groups in total. The summed E-state index contributed by atoms with van der Waals surface area (Å²) in [6.45, 7) is -1.07. The van der Waals surface area contributed by atoms with Gasteiger partial charge in [0.2, 0.25) is 0 Å². The lowest BCUT2D eigenvalue weighted by Gasteiger charge is -2.16. The Hall–Kier alpha value is -0.680. The second-order valence-electron chi connectivity index (χ2n) is 4.67. The van der Waals surface area contributed by atoms with E-state index < -0.39 is 30.3 Å². The van der Waals surface area contributed by atoms with E-state index in [1.54, 1.807) is 0 Å². The van der Waals surface area contributed by atoms with E-state index in [-0.39, 0.29) is 51.4 Å². The van der Waals surface area contributed by atoms with Gasteiger partial charge in [0.15, 0.2) is 0 Å². The Kier molecular flexibility index (Phi) is 14.2. The summed E-state index contributed by atoms with van der Waals surface area (Å²) < 4.78 is 19.2. The Labute approximate surface area is 149 Å². The Morgan fingerprint density at radius 3 is 1.25 bits per heavy atom. The van der Waals surface area contributed by atoms with Crippen LogP contribution in [0.5, 0.6) is 0 Å². The van der Waals surface area contributed by atoms with Crippen LogP contribution in [0.1, 0.15) is 0 Å². The zero-order valence-electron chi connectivity index (χ0n) is 12.9. The molecule has 11 heteroatoms. The molecule has 2 atom stereocenters. The van der Waals surface area contributed by atoms with Crippen LogP contribution in [0.2, 0.25) is 0 Å². The molecule has 142 valence electrons. The molecule has 0 saturated carbocycles. The molecule has 0 rings (SSSR count). The van der Waals surface area contributed by atoms with Crippen molar-refractivity contribution in [3.8, 4) is 0 Å². The molecule has 2 unspecified atom stereocenters. The molecular weight excluding hydrogens is 371 g/mol. The van der Waals surface area contributed by atoms with Gasteiger partial charge in [-0.15, -0.1) is 23.2 Å². The Morgan fingerprint density at radius 2 is 0.958 bits per heavy atom. The Bertz CT molecular complexity index is 324. The lowest BCUT2D eigenvalue weighted by atomic mass is 10.3. The summed E-state index contributed by atoms with van der Waals surface area (Å²) in [6, 6.07) is 0. The molecule has 0 aromatic rings. The standard InChI is InChI=1S/C13H22Cl2O9/c14-1-12(19)23-7-10(17)5-21-3-9(16)4-22-6-11(18)8-24-13(20)2-15/h9-11,16-18H,1-8H2. The molecule has 0 amide bonds. The van der Waals surface area contributed by atoms with E-state index in [4.69, 9.17) is 32.7 Å². The molecule has 0 aromatic heterocycles. The normalized spacial score (nSPS) is 14.7. The summed E-state index contributed by atoms with van der Waals surface area (Å²) in [7, 11) is 0. The summed E-state index contributed by atoms with van der Waals surface area (Å²) in [5, 5.41) is 28.4. The van der Waals surface area contributed by atoms with E-state index in [0.717, 1.165) is 0 Å². The molecule has 0 fully saturated rings. The number of carbonyl (C=O) groups excluding carboxylic acids is 2. The molecule has 0 radical (unpaired) electrons. The number of carbonyl (C=O) groups is 2. The zero-order valence-corrected chi connectivity index (χ0v) is 14.4. The van der Waals surface area contributed by atoms with Crippen LogP contribution in [-0.4, -0.2) is 97.0 Å². The number of halogens is 2. The van der Waals surface area contributed by atoms with Crippen molar-refractivity contribution in [1.29, 1.82) is 0 Å². The largest absolute Gasteiger partial charge is 0.462 e. The predicted octanol–water partition coefficient (Wildman–Crippen LogP) is -1.33. The summed E-state index contributed by atoms with van der Waals surface area (Å²) in [5.41, 5.74) is 0. The topological polar surface area (TPSA) is 132 Å². The highest BCUT2D eigenvalue weighted by atomic mass is 35.5. The highest BCUT2D eigenvalue weighted by molar-refractivity contribution is 6.26. The third kappa shape index (κ3) is 13.7. The van der Waals surface area contributed by atoms with Crippen molar-refractivity contribution >= 4 is 35.1 Å². The summed E-state index contributed by atoms with van der Waals surface area (Å²) in [4.78, 5) is 21.5. The minimum atomic E-state index is -1.04. The highest BCUT2D eigenvalue weighted by Gasteiger charge is 2.12. The number of ether oxygens (including phenoxy) is 4. The molecule has 0 saturated heterocycles. The predicted molar refractivity (Wildman–Crippen MR) is 83.0 cm³/mol. The van der Waals surface area contributed by atoms with Gasteiger partial charge in [-0.3, -0.25) is 9.59 Å². The van der Waals surface area contributed by atoms with Gasteiger partial charge in [-0.05, 0) is 0 Å². The maximum Gasteiger partial charge on any atom is 0.320 e. The van der Waals surface area contributed by atoms with Crippen molar-refractivity contribution in [2.45, 2.75) is 18.3 Å². The fraction of sp³-hybridized carbons (Fsp3) is 0.846. The molecular formula is C13H22Cl2O9. The quantitative estimate of drug-likeness (QED) is 0.243. The van der Waals surface area contributed by atoms with Gasteiger partial charge in [-0.25, -0.2) is 0 Å². The van der Waals surface area contributed by atoms with Gasteiger partial charge in [-0.2, -0.15) is 0 Å². The first-order valence-corrected chi connectivity index (χ1v) is 8.08. The van der Waals surface area contributed by atoms with E-state index in [2.05, 4.69) is 9.47 Å². The zero-order chi connectivity index (χ0) is 18.4. The van der Waals surface area contributed by atoms with Crippen LogP contribution in [0.4, 0.5) is 0 Å². The van der Waals surface area contributed by atoms with E-state index in [0.29, 0.717) is 0 Å². The minimum Gasteiger partial charge on any atom is -0.462 e. The molecule has 0 heterocycles. The van der Waals surface area contributed by atoms with E-state index >= 15 is 0 Å². The van der Waals surface area contributed by atoms with Crippen LogP contribution in [0, 0.1) is 0 Å². The molecule has 0 aliphatic carbocycles. The van der Waals surface area contributed by atoms with Gasteiger partial charge >= 0.3 is 11.9 Å². The van der Waals surface area contributed by atoms with Gasteiger partial charge in [0.1, 0.15) is 43.3 Å². The van der Waals surface area contributed by atoms with Crippen molar-refractivity contribution in [3.05, 3.63) is 0 Å². The fourth-order valence-electron chi connectivity index (χ4n) is 1.28. The van der Waals surface area contributed by atoms with Crippen LogP contribution in [0.15, 0.2) is 0 Å². The molecule has 0 aliphatic heterocycles. The molecule has 0 bridgehead atoms. The van der Waals surface area contributed by atoms with Crippen LogP contribution in [0.25, 0.3) is 0 Å². The number of aliphatic hydroxyl groups is 3. The molecule has 24 heavy (non-hydrogen) atoms. The third-order valence-corrected chi connectivity index (χ3v) is 2.77. The van der Waals surface area contributed by atoms with E-state index in [1.807, 2.05) is 0 Å². The molecule has 0 aliphatic rings. The maximum atomic E-state index is 10.8. The van der Waals surface area contributed by atoms with Crippen LogP contribution in [0.3, 0.4) is 0 Å². The fourth-order valence-corrected chi connectivity index (χ4v) is 1.43. The van der Waals surface area contributed by atoms with E-state index in [9.17, 15) is 24.9 Å². The summed E-state index contributed by atoms with van der Waals surface area (Å²) >= 11 is 10.4. The summed E-state index contributed by atoms with van der Waals surface area (Å²) in [5.74, 6) is -1.92. The van der Waals surface area contributed by atoms with Gasteiger partial charge < -0.3 is 34.3 Å². The number of rotatable bonds is 14. The van der Waals surface area contributed by atoms with Gasteiger partial charge in [0, 0.05) is 0 Å². The summed E-state index contributed by atoms with van der Waals surface area (Å²) in [6.07, 6.45) is -3.06. The lowest BCUT2D eigenvalue weighted by Crippen LogP contribution is -2.30. The van der Waals surface area contributed by atoms with E-state index in [1.165, 1.54) is 0 Å². The smallest absolute Gasteiger partial charge is 0.320 e. The Balaban J connectivity index is 3.60. The molecule has 0 aromatic carbocycles. The molecule has 9 nitrogen and oxygen atoms in total. The number of alkyl halides is 2. The number of esters is 2. The second kappa shape index (κ2) is 14.6. The van der Waals surface area contributed by atoms with Crippen molar-refractivity contribution < 1.29 is 43.9 Å². The first-order valence-electron chi connectivity index (χ1n) is 7.01. The maximum absolute atomic E-state index is 10.8. The van der Waals surface area contributed by atoms with Crippen LogP contribution < -0.4 is 0 Å². The lowest BCUT2D eigenvalue weighted by molar-refractivity contribution is -0.145. The van der Waals surface area contributed by atoms with Gasteiger partial charge in [0.05, 0.1) is 26.4 Å². The van der Waals surface area contributed by atoms with Gasteiger partial charge in [0.25, 0.3) is 0 Å². The van der Waals surface area contributed by atoms with Crippen molar-refractivity contribution in [2.75, 3.05) is 51.4 Å². The number of hydrogen-bond donors (Lipinski definition) is 3. The highest BCUT2D eigenvalue weighted by Crippen LogP contribution is 1.95. The van der Waals surface area contributed by atoms with Crippen molar-refractivity contribution in [3.63, 3.8) is 0 Å². The van der Waals surface area contributed by atoms with Gasteiger partial charge in [-0.1, -0.05) is 0 Å². The van der Waals surface area contributed by atoms with Crippen LogP contribution >= 0.6 is 23.2 Å².